The van der Waals surface area contributed by atoms with E-state index in [1.807, 2.05) is 0 Å². The van der Waals surface area contributed by atoms with E-state index in [1.54, 1.807) is 0 Å². The van der Waals surface area contributed by atoms with Crippen LogP contribution in [-0.2, 0) is 4.79 Å². The molecule has 1 aromatic carbocycles. The first-order valence-electron chi connectivity index (χ1n) is 6.71. The zero-order valence-corrected chi connectivity index (χ0v) is 11.1. The number of aromatic nitrogens is 2. The van der Waals surface area contributed by atoms with Crippen LogP contribution in [0.3, 0.4) is 0 Å². The number of aliphatic carboxylic acids is 1. The second kappa shape index (κ2) is 5.16. The summed E-state index contributed by atoms with van der Waals surface area (Å²) < 4.78 is 13.5. The summed E-state index contributed by atoms with van der Waals surface area (Å²) in [6.45, 7) is 0. The molecule has 0 unspecified atom stereocenters. The fourth-order valence-corrected chi connectivity index (χ4v) is 2.79. The molecule has 0 aliphatic heterocycles. The molecule has 1 heterocycles. The lowest BCUT2D eigenvalue weighted by molar-refractivity contribution is -0.141. The van der Waals surface area contributed by atoms with Gasteiger partial charge in [-0.05, 0) is 31.4 Å². The van der Waals surface area contributed by atoms with Crippen molar-refractivity contribution in [1.82, 2.24) is 15.3 Å². The quantitative estimate of drug-likeness (QED) is 0.802. The normalized spacial score (nSPS) is 21.6. The molecule has 1 amide bonds. The van der Waals surface area contributed by atoms with E-state index >= 15 is 0 Å². The number of nitrogens with zero attached hydrogens (tertiary/aromatic N) is 1. The van der Waals surface area contributed by atoms with Crippen molar-refractivity contribution in [3.8, 4) is 0 Å². The molecule has 1 aliphatic rings. The Morgan fingerprint density at radius 3 is 2.90 bits per heavy atom. The van der Waals surface area contributed by atoms with Crippen molar-refractivity contribution >= 4 is 22.9 Å². The van der Waals surface area contributed by atoms with E-state index in [-0.39, 0.29) is 11.6 Å². The Morgan fingerprint density at radius 2 is 2.19 bits per heavy atom. The Morgan fingerprint density at radius 1 is 1.38 bits per heavy atom. The Balaban J connectivity index is 1.79. The van der Waals surface area contributed by atoms with Crippen LogP contribution in [0.1, 0.15) is 29.6 Å². The van der Waals surface area contributed by atoms with Crippen LogP contribution in [0.25, 0.3) is 11.0 Å². The topological polar surface area (TPSA) is 95.1 Å². The average molecular weight is 291 g/mol. The van der Waals surface area contributed by atoms with Gasteiger partial charge in [0.1, 0.15) is 11.3 Å². The standard InChI is InChI=1S/C14H14FN3O3/c15-8-4-10(12-11(5-8)16-6-17-12)13(19)18-9-2-1-7(3-9)14(20)21/h4-7,9H,1-3H2,(H,16,17)(H,18,19)(H,20,21)/t7-,9+/m1/s1. The van der Waals surface area contributed by atoms with Gasteiger partial charge in [-0.25, -0.2) is 9.37 Å². The fraction of sp³-hybridized carbons (Fsp3) is 0.357. The van der Waals surface area contributed by atoms with Crippen molar-refractivity contribution in [3.63, 3.8) is 0 Å². The van der Waals surface area contributed by atoms with E-state index in [0.29, 0.717) is 30.3 Å². The first-order valence-corrected chi connectivity index (χ1v) is 6.71. The number of hydrogen-bond acceptors (Lipinski definition) is 3. The van der Waals surface area contributed by atoms with Crippen LogP contribution < -0.4 is 5.32 Å². The molecule has 3 N–H and O–H groups in total. The number of imidazole rings is 1. The monoisotopic (exact) mass is 291 g/mol. The van der Waals surface area contributed by atoms with Crippen LogP contribution in [0.2, 0.25) is 0 Å². The van der Waals surface area contributed by atoms with Gasteiger partial charge in [0.15, 0.2) is 0 Å². The van der Waals surface area contributed by atoms with E-state index in [9.17, 15) is 14.0 Å². The van der Waals surface area contributed by atoms with Crippen LogP contribution in [-0.4, -0.2) is 33.0 Å². The first kappa shape index (κ1) is 13.5. The number of carboxylic acid groups (broad SMARTS) is 1. The van der Waals surface area contributed by atoms with Gasteiger partial charge < -0.3 is 15.4 Å². The number of amides is 1. The highest BCUT2D eigenvalue weighted by Crippen LogP contribution is 2.26. The molecule has 110 valence electrons. The minimum atomic E-state index is -0.841. The summed E-state index contributed by atoms with van der Waals surface area (Å²) in [5.41, 5.74) is 1.02. The first-order chi connectivity index (χ1) is 10.0. The molecule has 0 bridgehead atoms. The molecule has 21 heavy (non-hydrogen) atoms. The molecular formula is C14H14FN3O3. The number of nitrogens with one attached hydrogen (secondary N) is 2. The number of carbonyl (C=O) groups is 2. The molecule has 1 fully saturated rings. The van der Waals surface area contributed by atoms with Gasteiger partial charge in [-0.1, -0.05) is 0 Å². The number of hydrogen-bond donors (Lipinski definition) is 3. The summed E-state index contributed by atoms with van der Waals surface area (Å²) in [5, 5.41) is 11.7. The lowest BCUT2D eigenvalue weighted by atomic mass is 10.1. The summed E-state index contributed by atoms with van der Waals surface area (Å²) in [4.78, 5) is 30.0. The highest BCUT2D eigenvalue weighted by atomic mass is 19.1. The van der Waals surface area contributed by atoms with Crippen LogP contribution in [0.4, 0.5) is 4.39 Å². The maximum absolute atomic E-state index is 13.5. The summed E-state index contributed by atoms with van der Waals surface area (Å²) in [6, 6.07) is 2.22. The third-order valence-electron chi connectivity index (χ3n) is 3.85. The third kappa shape index (κ3) is 2.58. The number of halogens is 1. The predicted molar refractivity (Wildman–Crippen MR) is 72.3 cm³/mol. The van der Waals surface area contributed by atoms with Crippen molar-refractivity contribution in [2.75, 3.05) is 0 Å². The van der Waals surface area contributed by atoms with Crippen LogP contribution in [0.5, 0.6) is 0 Å². The zero-order valence-electron chi connectivity index (χ0n) is 11.1. The van der Waals surface area contributed by atoms with Gasteiger partial charge in [-0.15, -0.1) is 0 Å². The third-order valence-corrected chi connectivity index (χ3v) is 3.85. The molecule has 1 aliphatic carbocycles. The number of aromatic amines is 1. The van der Waals surface area contributed by atoms with Crippen molar-refractivity contribution in [1.29, 1.82) is 0 Å². The number of H-pyrrole nitrogens is 1. The minimum absolute atomic E-state index is 0.157. The Kier molecular flexibility index (Phi) is 3.32. The second-order valence-electron chi connectivity index (χ2n) is 5.27. The lowest BCUT2D eigenvalue weighted by Gasteiger charge is -2.12. The SMILES string of the molecule is O=C(N[C@H]1CC[C@@H](C(=O)O)C1)c1cc(F)cc2[nH]cnc12. The molecule has 1 saturated carbocycles. The van der Waals surface area contributed by atoms with Crippen molar-refractivity contribution in [2.24, 2.45) is 5.92 Å². The van der Waals surface area contributed by atoms with Gasteiger partial charge in [0.2, 0.25) is 0 Å². The maximum Gasteiger partial charge on any atom is 0.306 e. The van der Waals surface area contributed by atoms with Crippen LogP contribution in [0.15, 0.2) is 18.5 Å². The van der Waals surface area contributed by atoms with Gasteiger partial charge in [-0.2, -0.15) is 0 Å². The summed E-state index contributed by atoms with van der Waals surface area (Å²) in [5.74, 6) is -2.21. The number of carboxylic acids is 1. The lowest BCUT2D eigenvalue weighted by Crippen LogP contribution is -2.33. The molecule has 1 aromatic heterocycles. The number of carbonyl (C=O) groups excluding carboxylic acids is 1. The Labute approximate surface area is 119 Å². The molecule has 3 rings (SSSR count). The van der Waals surface area contributed by atoms with E-state index in [1.165, 1.54) is 12.4 Å². The molecular weight excluding hydrogens is 277 g/mol. The number of fused-ring (bicyclic) bond motifs is 1. The average Bonchev–Trinajstić information content (AvgIpc) is 3.06. The highest BCUT2D eigenvalue weighted by molar-refractivity contribution is 6.04. The van der Waals surface area contributed by atoms with E-state index in [0.717, 1.165) is 6.07 Å². The van der Waals surface area contributed by atoms with E-state index in [4.69, 9.17) is 5.11 Å². The highest BCUT2D eigenvalue weighted by Gasteiger charge is 2.31. The van der Waals surface area contributed by atoms with Crippen LogP contribution in [0, 0.1) is 11.7 Å². The largest absolute Gasteiger partial charge is 0.481 e. The van der Waals surface area contributed by atoms with Crippen molar-refractivity contribution in [2.45, 2.75) is 25.3 Å². The smallest absolute Gasteiger partial charge is 0.306 e. The van der Waals surface area contributed by atoms with Crippen LogP contribution >= 0.6 is 0 Å². The second-order valence-corrected chi connectivity index (χ2v) is 5.27. The molecule has 2 atom stereocenters. The van der Waals surface area contributed by atoms with Crippen molar-refractivity contribution in [3.05, 3.63) is 29.8 Å². The minimum Gasteiger partial charge on any atom is -0.481 e. The molecule has 0 saturated heterocycles. The van der Waals surface area contributed by atoms with E-state index in [2.05, 4.69) is 15.3 Å². The van der Waals surface area contributed by atoms with Gasteiger partial charge >= 0.3 is 5.97 Å². The number of rotatable bonds is 3. The van der Waals surface area contributed by atoms with Gasteiger partial charge in [-0.3, -0.25) is 9.59 Å². The maximum atomic E-state index is 13.5. The fourth-order valence-electron chi connectivity index (χ4n) is 2.79. The van der Waals surface area contributed by atoms with Crippen molar-refractivity contribution < 1.29 is 19.1 Å². The summed E-state index contributed by atoms with van der Waals surface area (Å²) in [7, 11) is 0. The molecule has 2 aromatic rings. The summed E-state index contributed by atoms with van der Waals surface area (Å²) in [6.07, 6.45) is 2.96. The molecule has 7 heteroatoms. The molecule has 6 nitrogen and oxygen atoms in total. The van der Waals surface area contributed by atoms with Gasteiger partial charge in [0.25, 0.3) is 5.91 Å². The number of benzene rings is 1. The van der Waals surface area contributed by atoms with Gasteiger partial charge in [0, 0.05) is 6.04 Å². The molecule has 0 radical (unpaired) electrons. The molecule has 0 spiro atoms. The Bertz CT molecular complexity index is 713. The van der Waals surface area contributed by atoms with E-state index < -0.39 is 23.6 Å². The van der Waals surface area contributed by atoms with Gasteiger partial charge in [0.05, 0.1) is 23.3 Å². The summed E-state index contributed by atoms with van der Waals surface area (Å²) >= 11 is 0. The zero-order chi connectivity index (χ0) is 15.0. The Hall–Kier alpha value is -2.44. The predicted octanol–water partition coefficient (Wildman–Crippen LogP) is 1.69.